The van der Waals surface area contributed by atoms with Gasteiger partial charge in [-0.2, -0.15) is 0 Å². The lowest BCUT2D eigenvalue weighted by molar-refractivity contribution is 0.0735. The summed E-state index contributed by atoms with van der Waals surface area (Å²) < 4.78 is 0. The maximum Gasteiger partial charge on any atom is 0.255 e. The Bertz CT molecular complexity index is 975. The molecule has 3 aromatic rings. The van der Waals surface area contributed by atoms with E-state index in [4.69, 9.17) is 17.3 Å². The van der Waals surface area contributed by atoms with Gasteiger partial charge in [-0.1, -0.05) is 59.6 Å². The Hall–Kier alpha value is -2.93. The first-order valence-corrected chi connectivity index (χ1v) is 11.0. The van der Waals surface area contributed by atoms with Gasteiger partial charge in [0.05, 0.1) is 11.3 Å². The van der Waals surface area contributed by atoms with E-state index in [0.29, 0.717) is 11.3 Å². The van der Waals surface area contributed by atoms with Crippen LogP contribution >= 0.6 is 11.6 Å². The molecular formula is C25H32ClN5O. The topological polar surface area (TPSA) is 97.3 Å². The monoisotopic (exact) mass is 453 g/mol. The Morgan fingerprint density at radius 1 is 1.06 bits per heavy atom. The summed E-state index contributed by atoms with van der Waals surface area (Å²) in [5, 5.41) is 4.05. The molecule has 170 valence electrons. The van der Waals surface area contributed by atoms with Crippen LogP contribution in [0.3, 0.4) is 0 Å². The Morgan fingerprint density at radius 2 is 1.75 bits per heavy atom. The van der Waals surface area contributed by atoms with Gasteiger partial charge >= 0.3 is 0 Å². The van der Waals surface area contributed by atoms with Crippen LogP contribution in [0.2, 0.25) is 5.02 Å². The molecule has 7 heteroatoms. The van der Waals surface area contributed by atoms with Crippen molar-refractivity contribution in [2.24, 2.45) is 5.73 Å². The number of piperazine rings is 1. The van der Waals surface area contributed by atoms with Gasteiger partial charge in [-0.3, -0.25) is 9.78 Å². The maximum absolute atomic E-state index is 12.0. The van der Waals surface area contributed by atoms with Crippen molar-refractivity contribution >= 4 is 23.2 Å². The predicted molar refractivity (Wildman–Crippen MR) is 133 cm³/mol. The fourth-order valence-electron chi connectivity index (χ4n) is 3.28. The van der Waals surface area contributed by atoms with Gasteiger partial charge in [0, 0.05) is 43.6 Å². The van der Waals surface area contributed by atoms with Crippen LogP contribution in [0.25, 0.3) is 0 Å². The zero-order valence-electron chi connectivity index (χ0n) is 18.7. The summed E-state index contributed by atoms with van der Waals surface area (Å²) in [6, 6.07) is 18.2. The highest BCUT2D eigenvalue weighted by Crippen LogP contribution is 2.20. The number of halogens is 1. The van der Waals surface area contributed by atoms with Crippen LogP contribution in [0.5, 0.6) is 0 Å². The second kappa shape index (κ2) is 13.5. The van der Waals surface area contributed by atoms with E-state index in [1.54, 1.807) is 12.3 Å². The highest BCUT2D eigenvalue weighted by Gasteiger charge is 2.17. The van der Waals surface area contributed by atoms with Gasteiger partial charge in [0.15, 0.2) is 0 Å². The molecule has 0 aliphatic carbocycles. The van der Waals surface area contributed by atoms with E-state index >= 15 is 0 Å². The molecule has 32 heavy (non-hydrogen) atoms. The lowest BCUT2D eigenvalue weighted by Crippen LogP contribution is -2.46. The van der Waals surface area contributed by atoms with Crippen molar-refractivity contribution in [3.05, 3.63) is 94.3 Å². The van der Waals surface area contributed by atoms with Crippen LogP contribution in [-0.2, 0) is 6.42 Å². The number of pyridine rings is 1. The van der Waals surface area contributed by atoms with Crippen LogP contribution in [0.4, 0.5) is 5.69 Å². The fraction of sp³-hybridized carbons (Fsp3) is 0.280. The van der Waals surface area contributed by atoms with Crippen molar-refractivity contribution in [1.29, 1.82) is 0 Å². The Kier molecular flexibility index (Phi) is 10.7. The molecule has 1 aromatic heterocycles. The largest absolute Gasteiger partial charge is 0.397 e. The van der Waals surface area contributed by atoms with Gasteiger partial charge < -0.3 is 21.7 Å². The molecule has 0 atom stereocenters. The number of nitrogens with one attached hydrogen (secondary N) is 1. The SMILES string of the molecule is CN.Cc1ccc(Cl)c(Cc2ccccc2)c1.Nc1cncc(C(=O)N2CCNCC2)c1. The first kappa shape index (κ1) is 25.3. The normalized spacial score (nSPS) is 12.7. The number of anilines is 1. The molecule has 4 rings (SSSR count). The third-order valence-electron chi connectivity index (χ3n) is 4.85. The van der Waals surface area contributed by atoms with Crippen molar-refractivity contribution in [3.8, 4) is 0 Å². The van der Waals surface area contributed by atoms with Crippen LogP contribution < -0.4 is 16.8 Å². The van der Waals surface area contributed by atoms with E-state index in [-0.39, 0.29) is 5.91 Å². The Labute approximate surface area is 195 Å². The van der Waals surface area contributed by atoms with Gasteiger partial charge in [0.1, 0.15) is 0 Å². The van der Waals surface area contributed by atoms with Crippen molar-refractivity contribution in [2.45, 2.75) is 13.3 Å². The molecule has 0 spiro atoms. The molecule has 0 unspecified atom stereocenters. The van der Waals surface area contributed by atoms with Gasteiger partial charge in [-0.25, -0.2) is 0 Å². The second-order valence-electron chi connectivity index (χ2n) is 7.31. The minimum atomic E-state index is 0.0105. The minimum absolute atomic E-state index is 0.0105. The molecule has 0 saturated carbocycles. The Balaban J connectivity index is 0.000000211. The molecule has 1 amide bonds. The molecular weight excluding hydrogens is 422 g/mol. The zero-order chi connectivity index (χ0) is 23.3. The zero-order valence-corrected chi connectivity index (χ0v) is 19.5. The van der Waals surface area contributed by atoms with Crippen molar-refractivity contribution in [3.63, 3.8) is 0 Å². The standard InChI is InChI=1S/C14H13Cl.C10H14N4O.CH5N/c1-11-7-8-14(15)13(9-11)10-12-5-3-2-4-6-12;11-9-5-8(6-13-7-9)10(15)14-3-1-12-2-4-14;1-2/h2-9H,10H2,1H3;5-7,12H,1-4,11H2;2H2,1H3. The molecule has 0 radical (unpaired) electrons. The maximum atomic E-state index is 12.0. The number of carbonyl (C=O) groups excluding carboxylic acids is 1. The highest BCUT2D eigenvalue weighted by molar-refractivity contribution is 6.31. The molecule has 0 bridgehead atoms. The summed E-state index contributed by atoms with van der Waals surface area (Å²) in [4.78, 5) is 17.7. The van der Waals surface area contributed by atoms with Gasteiger partial charge in [-0.05, 0) is 43.7 Å². The third-order valence-corrected chi connectivity index (χ3v) is 5.22. The molecule has 1 fully saturated rings. The van der Waals surface area contributed by atoms with Crippen LogP contribution in [0.1, 0.15) is 27.0 Å². The fourth-order valence-corrected chi connectivity index (χ4v) is 3.46. The van der Waals surface area contributed by atoms with E-state index in [1.807, 2.05) is 23.1 Å². The summed E-state index contributed by atoms with van der Waals surface area (Å²) >= 11 is 6.15. The number of aromatic nitrogens is 1. The highest BCUT2D eigenvalue weighted by atomic mass is 35.5. The number of amides is 1. The van der Waals surface area contributed by atoms with Crippen molar-refractivity contribution in [1.82, 2.24) is 15.2 Å². The van der Waals surface area contributed by atoms with E-state index in [9.17, 15) is 4.79 Å². The van der Waals surface area contributed by atoms with E-state index in [0.717, 1.165) is 37.6 Å². The van der Waals surface area contributed by atoms with Crippen LogP contribution in [0.15, 0.2) is 67.0 Å². The predicted octanol–water partition coefficient (Wildman–Crippen LogP) is 3.52. The summed E-state index contributed by atoms with van der Waals surface area (Å²) in [6.45, 7) is 5.27. The summed E-state index contributed by atoms with van der Waals surface area (Å²) in [6.07, 6.45) is 4.00. The number of nitrogens with zero attached hydrogens (tertiary/aromatic N) is 2. The first-order chi connectivity index (χ1) is 15.5. The van der Waals surface area contributed by atoms with Gasteiger partial charge in [0.25, 0.3) is 5.91 Å². The smallest absolute Gasteiger partial charge is 0.255 e. The lowest BCUT2D eigenvalue weighted by atomic mass is 10.0. The molecule has 2 heterocycles. The molecule has 6 nitrogen and oxygen atoms in total. The number of aryl methyl sites for hydroxylation is 1. The number of carbonyl (C=O) groups is 1. The second-order valence-corrected chi connectivity index (χ2v) is 7.71. The number of rotatable bonds is 3. The number of benzene rings is 2. The van der Waals surface area contributed by atoms with E-state index < -0.39 is 0 Å². The van der Waals surface area contributed by atoms with Crippen molar-refractivity contribution < 1.29 is 4.79 Å². The summed E-state index contributed by atoms with van der Waals surface area (Å²) in [5.74, 6) is 0.0105. The molecule has 5 N–H and O–H groups in total. The molecule has 1 aliphatic heterocycles. The van der Waals surface area contributed by atoms with Crippen LogP contribution in [0, 0.1) is 6.92 Å². The van der Waals surface area contributed by atoms with Crippen molar-refractivity contribution in [2.75, 3.05) is 39.0 Å². The van der Waals surface area contributed by atoms with E-state index in [1.165, 1.54) is 29.9 Å². The number of nitrogens with two attached hydrogens (primary N) is 2. The minimum Gasteiger partial charge on any atom is -0.397 e. The van der Waals surface area contributed by atoms with Crippen LogP contribution in [-0.4, -0.2) is 49.0 Å². The number of hydrogen-bond donors (Lipinski definition) is 3. The number of nitrogen functional groups attached to an aromatic ring is 1. The first-order valence-electron chi connectivity index (χ1n) is 10.6. The van der Waals surface area contributed by atoms with Gasteiger partial charge in [-0.15, -0.1) is 0 Å². The average molecular weight is 454 g/mol. The molecule has 2 aromatic carbocycles. The molecule has 1 aliphatic rings. The number of hydrogen-bond acceptors (Lipinski definition) is 5. The Morgan fingerprint density at radius 3 is 2.41 bits per heavy atom. The summed E-state index contributed by atoms with van der Waals surface area (Å²) in [7, 11) is 1.50. The quantitative estimate of drug-likeness (QED) is 0.563. The van der Waals surface area contributed by atoms with Gasteiger partial charge in [0.2, 0.25) is 0 Å². The summed E-state index contributed by atoms with van der Waals surface area (Å²) in [5.41, 5.74) is 14.9. The van der Waals surface area contributed by atoms with E-state index in [2.05, 4.69) is 53.3 Å². The lowest BCUT2D eigenvalue weighted by Gasteiger charge is -2.27. The average Bonchev–Trinajstić information content (AvgIpc) is 2.84. The molecule has 1 saturated heterocycles. The third kappa shape index (κ3) is 7.96.